The van der Waals surface area contributed by atoms with Gasteiger partial charge in [-0.1, -0.05) is 20.8 Å². The normalized spacial score (nSPS) is 26.4. The maximum atomic E-state index is 12.0. The standard InChI is InChI=1S/C13H24N2O3/c1-9-6-10(8-13(2,3)7-9)11(16)15-4-5-18-12(14)17/h9-10H,4-8H2,1-3H3,(H2,14,17)(H,15,16)/t9-,10-/m1/s1. The van der Waals surface area contributed by atoms with Crippen LogP contribution in [0.4, 0.5) is 4.79 Å². The molecule has 1 aliphatic carbocycles. The number of primary amides is 1. The molecule has 0 unspecified atom stereocenters. The predicted octanol–water partition coefficient (Wildman–Crippen LogP) is 1.66. The maximum Gasteiger partial charge on any atom is 0.404 e. The van der Waals surface area contributed by atoms with E-state index in [2.05, 4.69) is 30.8 Å². The van der Waals surface area contributed by atoms with Crippen LogP contribution in [0.15, 0.2) is 0 Å². The van der Waals surface area contributed by atoms with Crippen molar-refractivity contribution in [1.29, 1.82) is 0 Å². The molecule has 0 spiro atoms. The highest BCUT2D eigenvalue weighted by molar-refractivity contribution is 5.78. The highest BCUT2D eigenvalue weighted by Crippen LogP contribution is 2.41. The van der Waals surface area contributed by atoms with Crippen molar-refractivity contribution in [3.05, 3.63) is 0 Å². The Bertz CT molecular complexity index is 315. The molecule has 1 aliphatic rings. The van der Waals surface area contributed by atoms with Crippen LogP contribution in [0, 0.1) is 17.3 Å². The summed E-state index contributed by atoms with van der Waals surface area (Å²) in [4.78, 5) is 22.4. The van der Waals surface area contributed by atoms with Crippen LogP contribution in [0.1, 0.15) is 40.0 Å². The third-order valence-corrected chi connectivity index (χ3v) is 3.40. The summed E-state index contributed by atoms with van der Waals surface area (Å²) in [5.74, 6) is 0.700. The van der Waals surface area contributed by atoms with Gasteiger partial charge in [0.15, 0.2) is 0 Å². The molecule has 0 aromatic rings. The molecule has 2 atom stereocenters. The number of hydrogen-bond acceptors (Lipinski definition) is 3. The van der Waals surface area contributed by atoms with Crippen molar-refractivity contribution in [3.8, 4) is 0 Å². The molecule has 2 amide bonds. The first-order chi connectivity index (χ1) is 8.30. The molecule has 0 saturated heterocycles. The Kier molecular flexibility index (Phi) is 4.99. The molecule has 1 fully saturated rings. The van der Waals surface area contributed by atoms with Crippen molar-refractivity contribution in [2.75, 3.05) is 13.2 Å². The number of ether oxygens (including phenoxy) is 1. The minimum absolute atomic E-state index is 0.0581. The quantitative estimate of drug-likeness (QED) is 0.750. The summed E-state index contributed by atoms with van der Waals surface area (Å²) in [5, 5.41) is 2.79. The van der Waals surface area contributed by atoms with E-state index in [-0.39, 0.29) is 23.8 Å². The molecule has 0 aliphatic heterocycles. The summed E-state index contributed by atoms with van der Waals surface area (Å²) in [6.07, 6.45) is 2.21. The van der Waals surface area contributed by atoms with Gasteiger partial charge in [0.05, 0.1) is 6.54 Å². The van der Waals surface area contributed by atoms with E-state index >= 15 is 0 Å². The van der Waals surface area contributed by atoms with Crippen molar-refractivity contribution in [2.45, 2.75) is 40.0 Å². The van der Waals surface area contributed by atoms with Gasteiger partial charge in [-0.05, 0) is 30.6 Å². The Labute approximate surface area is 108 Å². The van der Waals surface area contributed by atoms with E-state index in [0.717, 1.165) is 12.8 Å². The molecule has 5 heteroatoms. The van der Waals surface area contributed by atoms with Gasteiger partial charge >= 0.3 is 6.09 Å². The summed E-state index contributed by atoms with van der Waals surface area (Å²) in [6.45, 7) is 7.06. The van der Waals surface area contributed by atoms with Crippen molar-refractivity contribution < 1.29 is 14.3 Å². The summed E-state index contributed by atoms with van der Waals surface area (Å²) in [5.41, 5.74) is 5.06. The van der Waals surface area contributed by atoms with Crippen molar-refractivity contribution in [3.63, 3.8) is 0 Å². The lowest BCUT2D eigenvalue weighted by molar-refractivity contribution is -0.128. The zero-order valence-electron chi connectivity index (χ0n) is 11.5. The van der Waals surface area contributed by atoms with Crippen LogP contribution in [0.2, 0.25) is 0 Å². The largest absolute Gasteiger partial charge is 0.448 e. The lowest BCUT2D eigenvalue weighted by Crippen LogP contribution is -2.39. The SMILES string of the molecule is C[C@@H]1C[C@@H](C(=O)NCCOC(N)=O)CC(C)(C)C1. The molecular weight excluding hydrogens is 232 g/mol. The van der Waals surface area contributed by atoms with Gasteiger partial charge in [0.1, 0.15) is 6.61 Å². The van der Waals surface area contributed by atoms with E-state index in [9.17, 15) is 9.59 Å². The molecule has 0 aromatic heterocycles. The molecule has 1 rings (SSSR count). The zero-order chi connectivity index (χ0) is 13.8. The monoisotopic (exact) mass is 256 g/mol. The molecule has 0 bridgehead atoms. The predicted molar refractivity (Wildman–Crippen MR) is 68.8 cm³/mol. The summed E-state index contributed by atoms with van der Waals surface area (Å²) in [7, 11) is 0. The second kappa shape index (κ2) is 6.07. The number of carbonyl (C=O) groups is 2. The first kappa shape index (κ1) is 14.8. The van der Waals surface area contributed by atoms with Crippen molar-refractivity contribution in [1.82, 2.24) is 5.32 Å². The lowest BCUT2D eigenvalue weighted by Gasteiger charge is -2.38. The van der Waals surface area contributed by atoms with Crippen LogP contribution >= 0.6 is 0 Å². The number of nitrogens with one attached hydrogen (secondary N) is 1. The lowest BCUT2D eigenvalue weighted by atomic mass is 9.68. The molecule has 0 radical (unpaired) electrons. The molecular formula is C13H24N2O3. The van der Waals surface area contributed by atoms with E-state index < -0.39 is 6.09 Å². The fraction of sp³-hybridized carbons (Fsp3) is 0.846. The van der Waals surface area contributed by atoms with Gasteiger partial charge in [-0.25, -0.2) is 4.79 Å². The molecule has 5 nitrogen and oxygen atoms in total. The minimum atomic E-state index is -0.809. The maximum absolute atomic E-state index is 12.0. The van der Waals surface area contributed by atoms with Gasteiger partial charge < -0.3 is 15.8 Å². The van der Waals surface area contributed by atoms with Gasteiger partial charge in [-0.3, -0.25) is 4.79 Å². The number of amides is 2. The average molecular weight is 256 g/mol. The Morgan fingerprint density at radius 2 is 2.06 bits per heavy atom. The molecule has 0 aromatic carbocycles. The van der Waals surface area contributed by atoms with Gasteiger partial charge in [-0.15, -0.1) is 0 Å². The number of hydrogen-bond donors (Lipinski definition) is 2. The summed E-state index contributed by atoms with van der Waals surface area (Å²) < 4.78 is 4.57. The molecule has 1 saturated carbocycles. The fourth-order valence-electron chi connectivity index (χ4n) is 3.02. The van der Waals surface area contributed by atoms with Crippen LogP contribution in [0.5, 0.6) is 0 Å². The van der Waals surface area contributed by atoms with Gasteiger partial charge in [0.2, 0.25) is 5.91 Å². The van der Waals surface area contributed by atoms with E-state index in [0.29, 0.717) is 12.5 Å². The first-order valence-electron chi connectivity index (χ1n) is 6.50. The topological polar surface area (TPSA) is 81.4 Å². The molecule has 0 heterocycles. The minimum Gasteiger partial charge on any atom is -0.448 e. The average Bonchev–Trinajstić information content (AvgIpc) is 2.20. The van der Waals surface area contributed by atoms with Crippen LogP contribution < -0.4 is 11.1 Å². The number of nitrogens with two attached hydrogens (primary N) is 1. The summed E-state index contributed by atoms with van der Waals surface area (Å²) in [6, 6.07) is 0. The second-order valence-electron chi connectivity index (χ2n) is 6.07. The first-order valence-corrected chi connectivity index (χ1v) is 6.50. The van der Waals surface area contributed by atoms with Gasteiger partial charge in [-0.2, -0.15) is 0 Å². The van der Waals surface area contributed by atoms with E-state index in [1.54, 1.807) is 0 Å². The highest BCUT2D eigenvalue weighted by atomic mass is 16.5. The number of carbonyl (C=O) groups excluding carboxylic acids is 2. The number of rotatable bonds is 4. The zero-order valence-corrected chi connectivity index (χ0v) is 11.5. The summed E-state index contributed by atoms with van der Waals surface area (Å²) >= 11 is 0. The van der Waals surface area contributed by atoms with Crippen LogP contribution in [0.3, 0.4) is 0 Å². The molecule has 3 N–H and O–H groups in total. The second-order valence-corrected chi connectivity index (χ2v) is 6.07. The van der Waals surface area contributed by atoms with Crippen LogP contribution in [-0.2, 0) is 9.53 Å². The molecule has 104 valence electrons. The third kappa shape index (κ3) is 4.94. The van der Waals surface area contributed by atoms with Gasteiger partial charge in [0, 0.05) is 5.92 Å². The fourth-order valence-corrected chi connectivity index (χ4v) is 3.02. The van der Waals surface area contributed by atoms with E-state index in [1.807, 2.05) is 0 Å². The smallest absolute Gasteiger partial charge is 0.404 e. The van der Waals surface area contributed by atoms with Gasteiger partial charge in [0.25, 0.3) is 0 Å². The van der Waals surface area contributed by atoms with E-state index in [4.69, 9.17) is 5.73 Å². The molecule has 18 heavy (non-hydrogen) atoms. The van der Waals surface area contributed by atoms with Crippen molar-refractivity contribution >= 4 is 12.0 Å². The Morgan fingerprint density at radius 3 is 2.61 bits per heavy atom. The Balaban J connectivity index is 2.34. The van der Waals surface area contributed by atoms with Crippen LogP contribution in [-0.4, -0.2) is 25.2 Å². The Morgan fingerprint density at radius 1 is 1.39 bits per heavy atom. The van der Waals surface area contributed by atoms with Crippen molar-refractivity contribution in [2.24, 2.45) is 23.0 Å². The van der Waals surface area contributed by atoms with E-state index in [1.165, 1.54) is 6.42 Å². The van der Waals surface area contributed by atoms with Crippen LogP contribution in [0.25, 0.3) is 0 Å². The third-order valence-electron chi connectivity index (χ3n) is 3.40. The highest BCUT2D eigenvalue weighted by Gasteiger charge is 2.35. The Hall–Kier alpha value is -1.26.